The second-order valence-electron chi connectivity index (χ2n) is 8.77. The van der Waals surface area contributed by atoms with E-state index in [9.17, 15) is 5.11 Å². The van der Waals surface area contributed by atoms with Crippen molar-refractivity contribution in [1.29, 1.82) is 0 Å². The summed E-state index contributed by atoms with van der Waals surface area (Å²) in [5.41, 5.74) is 2.47. The second-order valence-corrected chi connectivity index (χ2v) is 13.9. The first-order valence-electron chi connectivity index (χ1n) is 12.1. The van der Waals surface area contributed by atoms with Crippen molar-refractivity contribution >= 4 is 35.1 Å². The number of likely N-dealkylation sites (N-methyl/N-ethyl adjacent to an activating group) is 1. The van der Waals surface area contributed by atoms with E-state index in [-0.39, 0.29) is 6.61 Å². The molecule has 0 fully saturated rings. The molecule has 0 aliphatic rings. The van der Waals surface area contributed by atoms with E-state index >= 15 is 0 Å². The SMILES string of the molecule is C[B]P(Cc1ccc(N(CC)CCO)cc1)(c1ccccc1)(c1ccccc1)c1ccccc1. The topological polar surface area (TPSA) is 23.5 Å². The summed E-state index contributed by atoms with van der Waals surface area (Å²) in [5.74, 6) is 0. The van der Waals surface area contributed by atoms with E-state index in [1.54, 1.807) is 0 Å². The van der Waals surface area contributed by atoms with Crippen LogP contribution < -0.4 is 20.8 Å². The minimum absolute atomic E-state index is 0.160. The Kier molecular flexibility index (Phi) is 7.56. The van der Waals surface area contributed by atoms with Crippen LogP contribution in [0, 0.1) is 0 Å². The van der Waals surface area contributed by atoms with Gasteiger partial charge in [0.25, 0.3) is 0 Å². The summed E-state index contributed by atoms with van der Waals surface area (Å²) in [7, 11) is 0. The molecule has 0 saturated carbocycles. The first-order chi connectivity index (χ1) is 16.7. The zero-order valence-electron chi connectivity index (χ0n) is 20.2. The van der Waals surface area contributed by atoms with E-state index in [1.807, 2.05) is 0 Å². The second kappa shape index (κ2) is 10.6. The van der Waals surface area contributed by atoms with Crippen LogP contribution in [0.5, 0.6) is 0 Å². The Bertz CT molecular complexity index is 1070. The van der Waals surface area contributed by atoms with Crippen LogP contribution in [-0.4, -0.2) is 31.8 Å². The molecule has 0 unspecified atom stereocenters. The predicted octanol–water partition coefficient (Wildman–Crippen LogP) is 5.20. The number of nitrogens with zero attached hydrogens (tertiary/aromatic N) is 1. The van der Waals surface area contributed by atoms with Crippen LogP contribution in [0.4, 0.5) is 5.69 Å². The number of benzene rings is 4. The van der Waals surface area contributed by atoms with Gasteiger partial charge in [-0.1, -0.05) is 0 Å². The summed E-state index contributed by atoms with van der Waals surface area (Å²) < 4.78 is 0. The molecule has 0 atom stereocenters. The maximum absolute atomic E-state index is 9.44. The Balaban J connectivity index is 1.95. The molecule has 4 aromatic carbocycles. The van der Waals surface area contributed by atoms with Gasteiger partial charge in [-0.3, -0.25) is 0 Å². The molecule has 0 saturated heterocycles. The van der Waals surface area contributed by atoms with E-state index in [2.05, 4.69) is 141 Å². The van der Waals surface area contributed by atoms with Crippen LogP contribution in [-0.2, 0) is 6.16 Å². The molecule has 1 N–H and O–H groups in total. The van der Waals surface area contributed by atoms with Crippen LogP contribution in [0.15, 0.2) is 115 Å². The molecule has 0 aromatic heterocycles. The summed E-state index contributed by atoms with van der Waals surface area (Å²) in [6, 6.07) is 42.2. The van der Waals surface area contributed by atoms with Gasteiger partial charge in [0.1, 0.15) is 0 Å². The zero-order chi connectivity index (χ0) is 23.9. The molecular weight excluding hydrogens is 432 g/mol. The van der Waals surface area contributed by atoms with Gasteiger partial charge >= 0.3 is 206 Å². The first-order valence-corrected chi connectivity index (χ1v) is 14.6. The molecule has 0 spiro atoms. The van der Waals surface area contributed by atoms with Crippen LogP contribution >= 0.6 is 6.48 Å². The molecule has 0 aliphatic heterocycles. The molecule has 34 heavy (non-hydrogen) atoms. The fourth-order valence-electron chi connectivity index (χ4n) is 5.35. The third-order valence-electron chi connectivity index (χ3n) is 7.17. The molecule has 173 valence electrons. The molecular formula is C30H34BNOP. The van der Waals surface area contributed by atoms with Crippen molar-refractivity contribution in [1.82, 2.24) is 0 Å². The predicted molar refractivity (Wildman–Crippen MR) is 152 cm³/mol. The maximum atomic E-state index is 9.44. The number of rotatable bonds is 10. The molecule has 2 nitrogen and oxygen atoms in total. The van der Waals surface area contributed by atoms with Gasteiger partial charge < -0.3 is 0 Å². The van der Waals surface area contributed by atoms with Crippen molar-refractivity contribution in [2.24, 2.45) is 0 Å². The monoisotopic (exact) mass is 466 g/mol. The molecule has 0 aliphatic carbocycles. The molecule has 0 amide bonds. The van der Waals surface area contributed by atoms with Gasteiger partial charge in [-0.15, -0.1) is 0 Å². The van der Waals surface area contributed by atoms with Gasteiger partial charge in [0.2, 0.25) is 0 Å². The Morgan fingerprint density at radius 3 is 1.47 bits per heavy atom. The van der Waals surface area contributed by atoms with E-state index in [4.69, 9.17) is 0 Å². The fraction of sp³-hybridized carbons (Fsp3) is 0.200. The van der Waals surface area contributed by atoms with Gasteiger partial charge in [-0.25, -0.2) is 0 Å². The number of aliphatic hydroxyl groups is 1. The zero-order valence-corrected chi connectivity index (χ0v) is 21.1. The first kappa shape index (κ1) is 24.3. The van der Waals surface area contributed by atoms with Gasteiger partial charge in [-0.05, 0) is 0 Å². The van der Waals surface area contributed by atoms with E-state index in [0.717, 1.165) is 18.4 Å². The van der Waals surface area contributed by atoms with Gasteiger partial charge in [0.05, 0.1) is 0 Å². The Morgan fingerprint density at radius 1 is 0.676 bits per heavy atom. The third-order valence-corrected chi connectivity index (χ3v) is 13.8. The van der Waals surface area contributed by atoms with Gasteiger partial charge in [0.15, 0.2) is 0 Å². The van der Waals surface area contributed by atoms with Crippen molar-refractivity contribution in [2.45, 2.75) is 19.9 Å². The number of aliphatic hydroxyl groups excluding tert-OH is 1. The van der Waals surface area contributed by atoms with E-state index in [0.29, 0.717) is 6.54 Å². The molecule has 4 heteroatoms. The molecule has 4 aromatic rings. The summed E-state index contributed by atoms with van der Waals surface area (Å²) >= 11 is 0. The van der Waals surface area contributed by atoms with Crippen LogP contribution in [0.1, 0.15) is 12.5 Å². The van der Waals surface area contributed by atoms with Crippen molar-refractivity contribution < 1.29 is 5.11 Å². The fourth-order valence-corrected chi connectivity index (χ4v) is 11.4. The van der Waals surface area contributed by atoms with Gasteiger partial charge in [0, 0.05) is 0 Å². The molecule has 1 radical (unpaired) electrons. The van der Waals surface area contributed by atoms with E-state index in [1.165, 1.54) is 21.5 Å². The van der Waals surface area contributed by atoms with Crippen molar-refractivity contribution in [3.05, 3.63) is 121 Å². The summed E-state index contributed by atoms with van der Waals surface area (Å²) in [4.78, 5) is 2.21. The van der Waals surface area contributed by atoms with E-state index < -0.39 is 6.48 Å². The summed E-state index contributed by atoms with van der Waals surface area (Å²) in [6.45, 7) is 5.62. The minimum atomic E-state index is -2.96. The standard InChI is InChI=1S/C30H34BNOP/c1-3-32(23-24-33)27-21-19-26(20-22-27)25-34(31-2,28-13-7-4-8-14-28,29-15-9-5-10-16-29)30-17-11-6-12-18-30/h4-22,33H,3,23-25H2,1-2H3. The average molecular weight is 466 g/mol. The van der Waals surface area contributed by atoms with Crippen molar-refractivity contribution in [3.8, 4) is 0 Å². The molecule has 4 rings (SSSR count). The quantitative estimate of drug-likeness (QED) is 0.257. The van der Waals surface area contributed by atoms with Crippen molar-refractivity contribution in [2.75, 3.05) is 24.6 Å². The van der Waals surface area contributed by atoms with Crippen LogP contribution in [0.2, 0.25) is 6.82 Å². The Hall–Kier alpha value is -2.87. The number of hydrogen-bond acceptors (Lipinski definition) is 2. The Morgan fingerprint density at radius 2 is 1.12 bits per heavy atom. The number of anilines is 1. The normalized spacial score (nSPS) is 12.5. The summed E-state index contributed by atoms with van der Waals surface area (Å²) in [5, 5.41) is 13.6. The average Bonchev–Trinajstić information content (AvgIpc) is 2.92. The Labute approximate surface area is 205 Å². The molecule has 0 bridgehead atoms. The van der Waals surface area contributed by atoms with Gasteiger partial charge in [-0.2, -0.15) is 0 Å². The van der Waals surface area contributed by atoms with Crippen molar-refractivity contribution in [3.63, 3.8) is 0 Å². The molecule has 0 heterocycles. The third kappa shape index (κ3) is 4.20. The van der Waals surface area contributed by atoms with Crippen LogP contribution in [0.25, 0.3) is 0 Å². The number of hydrogen-bond donors (Lipinski definition) is 1. The summed E-state index contributed by atoms with van der Waals surface area (Å²) in [6.07, 6.45) is 0.923. The van der Waals surface area contributed by atoms with Crippen LogP contribution in [0.3, 0.4) is 0 Å².